The average molecular weight is 282 g/mol. The maximum atomic E-state index is 11.5. The summed E-state index contributed by atoms with van der Waals surface area (Å²) in [5.41, 5.74) is 6.54. The third-order valence-electron chi connectivity index (χ3n) is 2.67. The fraction of sp³-hybridized carbons (Fsp3) is 0.500. The topological polar surface area (TPSA) is 82.8 Å². The fourth-order valence-electron chi connectivity index (χ4n) is 1.77. The first-order chi connectivity index (χ1) is 9.65. The summed E-state index contributed by atoms with van der Waals surface area (Å²) < 4.78 is 16.1. The van der Waals surface area contributed by atoms with E-state index < -0.39 is 0 Å². The third kappa shape index (κ3) is 4.31. The third-order valence-corrected chi connectivity index (χ3v) is 2.67. The van der Waals surface area contributed by atoms with Crippen molar-refractivity contribution in [3.63, 3.8) is 0 Å². The van der Waals surface area contributed by atoms with E-state index in [9.17, 15) is 4.79 Å². The van der Waals surface area contributed by atoms with Gasteiger partial charge in [0, 0.05) is 6.54 Å². The van der Waals surface area contributed by atoms with Crippen molar-refractivity contribution in [1.82, 2.24) is 5.32 Å². The highest BCUT2D eigenvalue weighted by Crippen LogP contribution is 2.38. The summed E-state index contributed by atoms with van der Waals surface area (Å²) in [5.74, 6) is 1.28. The first-order valence-electron chi connectivity index (χ1n) is 6.50. The summed E-state index contributed by atoms with van der Waals surface area (Å²) in [4.78, 5) is 11.5. The summed E-state index contributed by atoms with van der Waals surface area (Å²) in [5, 5.41) is 2.66. The number of hydrogen-bond donors (Lipinski definition) is 2. The maximum Gasteiger partial charge on any atom is 0.257 e. The van der Waals surface area contributed by atoms with Crippen molar-refractivity contribution < 1.29 is 19.0 Å². The van der Waals surface area contributed by atoms with E-state index in [1.165, 1.54) is 0 Å². The highest BCUT2D eigenvalue weighted by Gasteiger charge is 2.15. The van der Waals surface area contributed by atoms with Gasteiger partial charge in [0.2, 0.25) is 5.75 Å². The number of nitrogens with two attached hydrogens (primary N) is 1. The lowest BCUT2D eigenvalue weighted by atomic mass is 10.1. The lowest BCUT2D eigenvalue weighted by Crippen LogP contribution is -2.28. The Morgan fingerprint density at radius 3 is 2.30 bits per heavy atom. The van der Waals surface area contributed by atoms with Gasteiger partial charge in [0.05, 0.1) is 14.2 Å². The minimum atomic E-state index is -0.192. The predicted octanol–water partition coefficient (Wildman–Crippen LogP) is 0.720. The summed E-state index contributed by atoms with van der Waals surface area (Å²) >= 11 is 0. The molecule has 0 aliphatic rings. The largest absolute Gasteiger partial charge is 0.493 e. The molecule has 0 fully saturated rings. The van der Waals surface area contributed by atoms with Crippen LogP contribution in [0.2, 0.25) is 0 Å². The van der Waals surface area contributed by atoms with Crippen LogP contribution in [0.5, 0.6) is 17.2 Å². The zero-order valence-corrected chi connectivity index (χ0v) is 12.2. The lowest BCUT2D eigenvalue weighted by molar-refractivity contribution is -0.123. The van der Waals surface area contributed by atoms with Gasteiger partial charge in [-0.15, -0.1) is 0 Å². The Hall–Kier alpha value is -1.95. The van der Waals surface area contributed by atoms with Crippen molar-refractivity contribution in [2.75, 3.05) is 33.9 Å². The Morgan fingerprint density at radius 2 is 1.85 bits per heavy atom. The van der Waals surface area contributed by atoms with Crippen LogP contribution >= 0.6 is 0 Å². The number of benzene rings is 1. The lowest BCUT2D eigenvalue weighted by Gasteiger charge is -2.15. The van der Waals surface area contributed by atoms with Crippen LogP contribution in [-0.4, -0.2) is 39.8 Å². The van der Waals surface area contributed by atoms with E-state index in [1.807, 2.05) is 19.1 Å². The second-order valence-electron chi connectivity index (χ2n) is 4.11. The quantitative estimate of drug-likeness (QED) is 0.734. The summed E-state index contributed by atoms with van der Waals surface area (Å²) in [6.45, 7) is 2.86. The van der Waals surface area contributed by atoms with Gasteiger partial charge in [-0.2, -0.15) is 0 Å². The molecular formula is C14H22N2O4. The highest BCUT2D eigenvalue weighted by atomic mass is 16.5. The molecule has 20 heavy (non-hydrogen) atoms. The molecule has 0 bridgehead atoms. The monoisotopic (exact) mass is 282 g/mol. The van der Waals surface area contributed by atoms with Crippen LogP contribution in [0.3, 0.4) is 0 Å². The number of carbonyl (C=O) groups is 1. The number of carbonyl (C=O) groups excluding carboxylic acids is 1. The summed E-state index contributed by atoms with van der Waals surface area (Å²) in [7, 11) is 3.08. The van der Waals surface area contributed by atoms with Crippen molar-refractivity contribution in [1.29, 1.82) is 0 Å². The first-order valence-corrected chi connectivity index (χ1v) is 6.50. The Labute approximate surface area is 119 Å². The van der Waals surface area contributed by atoms with Gasteiger partial charge in [0.15, 0.2) is 18.1 Å². The number of rotatable bonds is 8. The molecule has 1 aromatic rings. The molecule has 1 rings (SSSR count). The number of likely N-dealkylation sites (N-methyl/N-ethyl adjacent to an activating group) is 1. The number of methoxy groups -OCH3 is 2. The van der Waals surface area contributed by atoms with E-state index in [0.717, 1.165) is 5.56 Å². The second kappa shape index (κ2) is 8.27. The molecule has 112 valence electrons. The van der Waals surface area contributed by atoms with Gasteiger partial charge >= 0.3 is 0 Å². The van der Waals surface area contributed by atoms with Crippen LogP contribution in [0, 0.1) is 0 Å². The molecule has 0 unspecified atom stereocenters. The van der Waals surface area contributed by atoms with E-state index in [1.54, 1.807) is 14.2 Å². The molecule has 0 saturated carbocycles. The van der Waals surface area contributed by atoms with Crippen LogP contribution in [-0.2, 0) is 11.2 Å². The molecule has 3 N–H and O–H groups in total. The van der Waals surface area contributed by atoms with Crippen molar-refractivity contribution >= 4 is 5.91 Å². The van der Waals surface area contributed by atoms with Gasteiger partial charge in [-0.1, -0.05) is 0 Å². The normalized spacial score (nSPS) is 10.0. The van der Waals surface area contributed by atoms with E-state index in [0.29, 0.717) is 36.8 Å². The minimum Gasteiger partial charge on any atom is -0.493 e. The maximum absolute atomic E-state index is 11.5. The predicted molar refractivity (Wildman–Crippen MR) is 76.5 cm³/mol. The van der Waals surface area contributed by atoms with Crippen molar-refractivity contribution in [2.24, 2.45) is 5.73 Å². The van der Waals surface area contributed by atoms with Crippen LogP contribution in [0.25, 0.3) is 0 Å². The molecule has 0 heterocycles. The molecule has 0 radical (unpaired) electrons. The van der Waals surface area contributed by atoms with Crippen LogP contribution in [0.15, 0.2) is 12.1 Å². The molecule has 1 amide bonds. The molecule has 0 saturated heterocycles. The van der Waals surface area contributed by atoms with E-state index in [2.05, 4.69) is 5.32 Å². The average Bonchev–Trinajstić information content (AvgIpc) is 2.45. The summed E-state index contributed by atoms with van der Waals surface area (Å²) in [6, 6.07) is 3.67. The molecule has 0 aromatic heterocycles. The Balaban J connectivity index is 2.94. The van der Waals surface area contributed by atoms with Crippen LogP contribution < -0.4 is 25.3 Å². The van der Waals surface area contributed by atoms with Gasteiger partial charge in [-0.3, -0.25) is 4.79 Å². The summed E-state index contributed by atoms with van der Waals surface area (Å²) in [6.07, 6.45) is 0.712. The molecule has 6 heteroatoms. The number of ether oxygens (including phenoxy) is 3. The van der Waals surface area contributed by atoms with Gasteiger partial charge in [0.1, 0.15) is 0 Å². The Morgan fingerprint density at radius 1 is 1.25 bits per heavy atom. The Kier molecular flexibility index (Phi) is 6.66. The SMILES string of the molecule is CCNC(=O)COc1c(OC)cc(CCN)cc1OC. The highest BCUT2D eigenvalue weighted by molar-refractivity contribution is 5.77. The molecule has 0 aliphatic heterocycles. The van der Waals surface area contributed by atoms with E-state index in [4.69, 9.17) is 19.9 Å². The second-order valence-corrected chi connectivity index (χ2v) is 4.11. The number of hydrogen-bond acceptors (Lipinski definition) is 5. The molecule has 0 aliphatic carbocycles. The number of amides is 1. The van der Waals surface area contributed by atoms with E-state index in [-0.39, 0.29) is 12.5 Å². The zero-order chi connectivity index (χ0) is 15.0. The Bertz CT molecular complexity index is 424. The zero-order valence-electron chi connectivity index (χ0n) is 12.2. The van der Waals surface area contributed by atoms with E-state index >= 15 is 0 Å². The molecule has 0 spiro atoms. The van der Waals surface area contributed by atoms with Crippen LogP contribution in [0.4, 0.5) is 0 Å². The standard InChI is InChI=1S/C14H22N2O4/c1-4-16-13(17)9-20-14-11(18-2)7-10(5-6-15)8-12(14)19-3/h7-8H,4-6,9,15H2,1-3H3,(H,16,17). The van der Waals surface area contributed by atoms with Gasteiger partial charge < -0.3 is 25.3 Å². The fourth-order valence-corrected chi connectivity index (χ4v) is 1.77. The molecule has 6 nitrogen and oxygen atoms in total. The van der Waals surface area contributed by atoms with Crippen molar-refractivity contribution in [2.45, 2.75) is 13.3 Å². The molecule has 0 atom stereocenters. The van der Waals surface area contributed by atoms with Crippen LogP contribution in [0.1, 0.15) is 12.5 Å². The van der Waals surface area contributed by atoms with Crippen molar-refractivity contribution in [3.05, 3.63) is 17.7 Å². The molecule has 1 aromatic carbocycles. The van der Waals surface area contributed by atoms with Gasteiger partial charge in [0.25, 0.3) is 5.91 Å². The van der Waals surface area contributed by atoms with Gasteiger partial charge in [-0.25, -0.2) is 0 Å². The molecular weight excluding hydrogens is 260 g/mol. The van der Waals surface area contributed by atoms with Crippen molar-refractivity contribution in [3.8, 4) is 17.2 Å². The van der Waals surface area contributed by atoms with Gasteiger partial charge in [-0.05, 0) is 37.6 Å². The smallest absolute Gasteiger partial charge is 0.257 e. The number of nitrogens with one attached hydrogen (secondary N) is 1. The minimum absolute atomic E-state index is 0.0865. The first kappa shape index (κ1) is 16.1.